The van der Waals surface area contributed by atoms with Gasteiger partial charge in [0.1, 0.15) is 6.10 Å². The van der Waals surface area contributed by atoms with Crippen LogP contribution in [0.2, 0.25) is 0 Å². The van der Waals surface area contributed by atoms with Crippen LogP contribution >= 0.6 is 0 Å². The van der Waals surface area contributed by atoms with Crippen LogP contribution in [0.5, 0.6) is 0 Å². The molecule has 1 heterocycles. The van der Waals surface area contributed by atoms with E-state index in [2.05, 4.69) is 31.0 Å². The van der Waals surface area contributed by atoms with Crippen molar-refractivity contribution in [1.29, 1.82) is 0 Å². The van der Waals surface area contributed by atoms with Crippen LogP contribution in [0.1, 0.15) is 86.5 Å². The normalized spacial score (nSPS) is 46.0. The molecule has 3 saturated carbocycles. The van der Waals surface area contributed by atoms with E-state index in [0.717, 1.165) is 32.1 Å². The van der Waals surface area contributed by atoms with Crippen LogP contribution in [0.4, 0.5) is 4.79 Å². The molecule has 0 bridgehead atoms. The molecule has 3 aliphatic carbocycles. The Morgan fingerprint density at radius 1 is 1.10 bits per heavy atom. The highest BCUT2D eigenvalue weighted by atomic mass is 16.6. The molecule has 0 radical (unpaired) electrons. The van der Waals surface area contributed by atoms with Crippen molar-refractivity contribution in [1.82, 2.24) is 10.2 Å². The molecule has 0 aromatic rings. The Hall–Kier alpha value is -1.26. The fraction of sp³-hybridized carbons (Fsp3) is 0.920. The molecule has 2 amide bonds. The summed E-state index contributed by atoms with van der Waals surface area (Å²) in [6, 6.07) is 0.380. The Bertz CT molecular complexity index is 716. The number of likely N-dealkylation sites (tertiary alicyclic amines) is 1. The van der Waals surface area contributed by atoms with Crippen LogP contribution < -0.4 is 5.32 Å². The monoisotopic (exact) mass is 418 g/mol. The lowest BCUT2D eigenvalue weighted by atomic mass is 9.45. The Labute approximate surface area is 182 Å². The predicted molar refractivity (Wildman–Crippen MR) is 118 cm³/mol. The number of nitrogens with one attached hydrogen (secondary N) is 1. The van der Waals surface area contributed by atoms with E-state index in [0.29, 0.717) is 42.0 Å². The predicted octanol–water partition coefficient (Wildman–Crippen LogP) is 4.99. The van der Waals surface area contributed by atoms with E-state index in [9.17, 15) is 9.59 Å². The van der Waals surface area contributed by atoms with Crippen molar-refractivity contribution in [3.05, 3.63) is 0 Å². The molecule has 170 valence electrons. The summed E-state index contributed by atoms with van der Waals surface area (Å²) in [7, 11) is 2.03. The smallest absolute Gasteiger partial charge is 0.407 e. The first kappa shape index (κ1) is 22.0. The van der Waals surface area contributed by atoms with E-state index in [1.54, 1.807) is 0 Å². The molecule has 0 unspecified atom stereocenters. The summed E-state index contributed by atoms with van der Waals surface area (Å²) >= 11 is 0. The molecule has 0 aromatic carbocycles. The third kappa shape index (κ3) is 3.35. The molecule has 1 saturated heterocycles. The van der Waals surface area contributed by atoms with Gasteiger partial charge in [0, 0.05) is 30.5 Å². The Kier molecular flexibility index (Phi) is 5.22. The number of amides is 2. The highest BCUT2D eigenvalue weighted by Crippen LogP contribution is 2.66. The first-order valence-electron chi connectivity index (χ1n) is 12.1. The van der Waals surface area contributed by atoms with Gasteiger partial charge in [0.05, 0.1) is 0 Å². The second-order valence-corrected chi connectivity index (χ2v) is 12.4. The van der Waals surface area contributed by atoms with Gasteiger partial charge in [-0.25, -0.2) is 4.79 Å². The maximum atomic E-state index is 12.5. The average molecular weight is 419 g/mol. The molecule has 0 spiro atoms. The zero-order valence-corrected chi connectivity index (χ0v) is 20.1. The second-order valence-electron chi connectivity index (χ2n) is 12.4. The quantitative estimate of drug-likeness (QED) is 0.653. The van der Waals surface area contributed by atoms with Crippen molar-refractivity contribution >= 4 is 12.0 Å². The van der Waals surface area contributed by atoms with E-state index in [-0.39, 0.29) is 28.6 Å². The third-order valence-corrected chi connectivity index (χ3v) is 9.57. The second kappa shape index (κ2) is 7.13. The summed E-state index contributed by atoms with van der Waals surface area (Å²) in [5, 5.41) is 2.98. The minimum atomic E-state index is -0.278. The van der Waals surface area contributed by atoms with Crippen molar-refractivity contribution in [2.45, 2.75) is 104 Å². The molecule has 4 aliphatic rings. The average Bonchev–Trinajstić information content (AvgIpc) is 2.95. The van der Waals surface area contributed by atoms with Crippen LogP contribution in [0.25, 0.3) is 0 Å². The van der Waals surface area contributed by atoms with Gasteiger partial charge in [0.15, 0.2) is 0 Å². The van der Waals surface area contributed by atoms with Crippen molar-refractivity contribution in [2.75, 3.05) is 7.05 Å². The van der Waals surface area contributed by atoms with Crippen molar-refractivity contribution in [3.63, 3.8) is 0 Å². The summed E-state index contributed by atoms with van der Waals surface area (Å²) in [4.78, 5) is 27.0. The van der Waals surface area contributed by atoms with Gasteiger partial charge >= 0.3 is 6.09 Å². The first-order valence-corrected chi connectivity index (χ1v) is 12.1. The molecular formula is C25H42N2O3. The Morgan fingerprint density at radius 2 is 1.77 bits per heavy atom. The Balaban J connectivity index is 1.55. The van der Waals surface area contributed by atoms with Crippen molar-refractivity contribution in [2.24, 2.45) is 34.5 Å². The zero-order chi connectivity index (χ0) is 22.1. The lowest BCUT2D eigenvalue weighted by molar-refractivity contribution is -0.168. The summed E-state index contributed by atoms with van der Waals surface area (Å²) in [6.07, 6.45) is 7.04. The molecule has 1 aliphatic heterocycles. The van der Waals surface area contributed by atoms with Crippen LogP contribution in [-0.4, -0.2) is 41.6 Å². The molecule has 4 fully saturated rings. The molecule has 1 N–H and O–H groups in total. The van der Waals surface area contributed by atoms with Crippen LogP contribution in [0.15, 0.2) is 0 Å². The fourth-order valence-electron chi connectivity index (χ4n) is 8.07. The van der Waals surface area contributed by atoms with Gasteiger partial charge in [-0.05, 0) is 88.4 Å². The van der Waals surface area contributed by atoms with E-state index in [1.165, 1.54) is 6.42 Å². The zero-order valence-electron chi connectivity index (χ0n) is 20.1. The summed E-state index contributed by atoms with van der Waals surface area (Å²) in [5.41, 5.74) is 0.0214. The first-order chi connectivity index (χ1) is 13.9. The highest BCUT2D eigenvalue weighted by Gasteiger charge is 2.63. The molecule has 0 aromatic heterocycles. The molecule has 5 heteroatoms. The molecule has 30 heavy (non-hydrogen) atoms. The number of ether oxygens (including phenoxy) is 1. The van der Waals surface area contributed by atoms with Crippen molar-refractivity contribution in [3.8, 4) is 0 Å². The molecule has 4 rings (SSSR count). The lowest BCUT2D eigenvalue weighted by Gasteiger charge is -2.63. The minimum Gasteiger partial charge on any atom is -0.446 e. The van der Waals surface area contributed by atoms with Gasteiger partial charge in [-0.15, -0.1) is 0 Å². The highest BCUT2D eigenvalue weighted by molar-refractivity contribution is 5.77. The minimum absolute atomic E-state index is 0.0131. The topological polar surface area (TPSA) is 58.6 Å². The van der Waals surface area contributed by atoms with Gasteiger partial charge < -0.3 is 15.0 Å². The lowest BCUT2D eigenvalue weighted by Crippen LogP contribution is -2.63. The standard InChI is InChI=1S/C25H42N2O3/c1-15-14-18-24(5,13-11-20(28)27(18)7)17-10-12-25(6)16(21(15)17)8-9-19(25)30-22(29)26-23(2,3)4/h15-19,21H,8-14H2,1-7H3,(H,26,29)/t15-,16-,17-,18+,19-,21-,24+,25-/m0/s1. The van der Waals surface area contributed by atoms with E-state index in [4.69, 9.17) is 4.74 Å². The fourth-order valence-corrected chi connectivity index (χ4v) is 8.07. The van der Waals surface area contributed by atoms with E-state index < -0.39 is 0 Å². The largest absolute Gasteiger partial charge is 0.446 e. The van der Waals surface area contributed by atoms with Crippen molar-refractivity contribution < 1.29 is 14.3 Å². The molecule has 8 atom stereocenters. The van der Waals surface area contributed by atoms with Gasteiger partial charge in [0.25, 0.3) is 0 Å². The van der Waals surface area contributed by atoms with Crippen LogP contribution in [0, 0.1) is 34.5 Å². The van der Waals surface area contributed by atoms with Crippen LogP contribution in [0.3, 0.4) is 0 Å². The number of nitrogens with zero attached hydrogens (tertiary/aromatic N) is 1. The van der Waals surface area contributed by atoms with Crippen LogP contribution in [-0.2, 0) is 9.53 Å². The molecule has 5 nitrogen and oxygen atoms in total. The number of piperidine rings is 1. The number of rotatable bonds is 1. The van der Waals surface area contributed by atoms with Gasteiger partial charge in [-0.2, -0.15) is 0 Å². The maximum Gasteiger partial charge on any atom is 0.407 e. The molecular weight excluding hydrogens is 376 g/mol. The Morgan fingerprint density at radius 3 is 2.43 bits per heavy atom. The number of hydrogen-bond donors (Lipinski definition) is 1. The number of fused-ring (bicyclic) bond motifs is 5. The summed E-state index contributed by atoms with van der Waals surface area (Å²) in [5.74, 6) is 2.88. The number of carbonyl (C=O) groups excluding carboxylic acids is 2. The maximum absolute atomic E-state index is 12.5. The summed E-state index contributed by atoms with van der Waals surface area (Å²) < 4.78 is 6.03. The number of alkyl carbamates (subject to hydrolysis) is 1. The SMILES string of the molecule is C[C@H]1C[C@H]2N(C)C(=O)CC[C@]2(C)[C@H]2CC[C@]3(C)[C@@H](OC(=O)NC(C)(C)C)CC[C@H]3[C@H]12. The third-order valence-electron chi connectivity index (χ3n) is 9.57. The van der Waals surface area contributed by atoms with Gasteiger partial charge in [-0.1, -0.05) is 20.8 Å². The van der Waals surface area contributed by atoms with E-state index >= 15 is 0 Å². The summed E-state index contributed by atoms with van der Waals surface area (Å²) in [6.45, 7) is 13.2. The van der Waals surface area contributed by atoms with Gasteiger partial charge in [0.2, 0.25) is 5.91 Å². The number of hydrogen-bond acceptors (Lipinski definition) is 3. The van der Waals surface area contributed by atoms with E-state index in [1.807, 2.05) is 27.8 Å². The van der Waals surface area contributed by atoms with Gasteiger partial charge in [-0.3, -0.25) is 4.79 Å². The number of carbonyl (C=O) groups is 2.